The van der Waals surface area contributed by atoms with Crippen LogP contribution in [0.4, 0.5) is 5.69 Å². The van der Waals surface area contributed by atoms with Crippen LogP contribution in [0.25, 0.3) is 11.4 Å². The molecule has 2 rings (SSSR count). The highest BCUT2D eigenvalue weighted by molar-refractivity contribution is 5.61. The number of hydrogen-bond donors (Lipinski definition) is 3. The number of nitrogens with one attached hydrogen (secondary N) is 1. The molecule has 0 unspecified atom stereocenters. The first-order valence-electron chi connectivity index (χ1n) is 6.20. The Bertz CT molecular complexity index is 560. The predicted molar refractivity (Wildman–Crippen MR) is 76.2 cm³/mol. The van der Waals surface area contributed by atoms with Crippen molar-refractivity contribution >= 4 is 5.69 Å². The van der Waals surface area contributed by atoms with E-state index in [1.165, 1.54) is 0 Å². The lowest BCUT2D eigenvalue weighted by Crippen LogP contribution is -2.15. The van der Waals surface area contributed by atoms with Gasteiger partial charge in [0.2, 0.25) is 0 Å². The smallest absolute Gasteiger partial charge is 0.159 e. The molecule has 0 radical (unpaired) electrons. The molecule has 0 atom stereocenters. The van der Waals surface area contributed by atoms with Gasteiger partial charge >= 0.3 is 0 Å². The quantitative estimate of drug-likeness (QED) is 0.779. The third-order valence-electron chi connectivity index (χ3n) is 2.82. The number of aromatic hydroxyl groups is 1. The molecule has 0 spiro atoms. The average Bonchev–Trinajstić information content (AvgIpc) is 2.37. The molecule has 19 heavy (non-hydrogen) atoms. The fourth-order valence-corrected chi connectivity index (χ4v) is 1.94. The third-order valence-corrected chi connectivity index (χ3v) is 2.82. The van der Waals surface area contributed by atoms with Gasteiger partial charge in [-0.25, -0.2) is 9.97 Å². The van der Waals surface area contributed by atoms with Crippen molar-refractivity contribution in [2.75, 3.05) is 18.4 Å². The Hall–Kier alpha value is -2.14. The number of nitrogens with zero attached hydrogens (tertiary/aromatic N) is 2. The average molecular weight is 258 g/mol. The van der Waals surface area contributed by atoms with Crippen LogP contribution < -0.4 is 11.1 Å². The van der Waals surface area contributed by atoms with Crippen molar-refractivity contribution in [1.82, 2.24) is 9.97 Å². The standard InChI is InChI=1S/C14H18N4O/c1-9-13(16-7-6-15)10(2)18-14(17-9)11-4-3-5-12(19)8-11/h3-5,8,16,19H,6-7,15H2,1-2H3. The molecular formula is C14H18N4O. The molecular weight excluding hydrogens is 240 g/mol. The zero-order chi connectivity index (χ0) is 13.8. The summed E-state index contributed by atoms with van der Waals surface area (Å²) in [6.07, 6.45) is 0. The maximum Gasteiger partial charge on any atom is 0.159 e. The maximum absolute atomic E-state index is 9.50. The summed E-state index contributed by atoms with van der Waals surface area (Å²) in [6, 6.07) is 6.93. The highest BCUT2D eigenvalue weighted by Gasteiger charge is 2.09. The zero-order valence-electron chi connectivity index (χ0n) is 11.1. The monoisotopic (exact) mass is 258 g/mol. The van der Waals surface area contributed by atoms with Gasteiger partial charge in [-0.2, -0.15) is 0 Å². The van der Waals surface area contributed by atoms with E-state index in [-0.39, 0.29) is 5.75 Å². The molecule has 2 aromatic rings. The van der Waals surface area contributed by atoms with Gasteiger partial charge in [0.15, 0.2) is 5.82 Å². The zero-order valence-corrected chi connectivity index (χ0v) is 11.1. The summed E-state index contributed by atoms with van der Waals surface area (Å²) < 4.78 is 0. The summed E-state index contributed by atoms with van der Waals surface area (Å²) in [7, 11) is 0. The Morgan fingerprint density at radius 3 is 2.47 bits per heavy atom. The van der Waals surface area contributed by atoms with Crippen LogP contribution in [0.3, 0.4) is 0 Å². The van der Waals surface area contributed by atoms with Gasteiger partial charge in [0.1, 0.15) is 5.75 Å². The van der Waals surface area contributed by atoms with Crippen molar-refractivity contribution in [3.8, 4) is 17.1 Å². The van der Waals surface area contributed by atoms with Crippen LogP contribution in [-0.2, 0) is 0 Å². The lowest BCUT2D eigenvalue weighted by atomic mass is 10.2. The first-order valence-corrected chi connectivity index (χ1v) is 6.20. The topological polar surface area (TPSA) is 84.1 Å². The second-order valence-corrected chi connectivity index (χ2v) is 4.36. The molecule has 100 valence electrons. The van der Waals surface area contributed by atoms with Gasteiger partial charge < -0.3 is 16.2 Å². The van der Waals surface area contributed by atoms with E-state index >= 15 is 0 Å². The fourth-order valence-electron chi connectivity index (χ4n) is 1.94. The van der Waals surface area contributed by atoms with Crippen molar-refractivity contribution < 1.29 is 5.11 Å². The van der Waals surface area contributed by atoms with Crippen molar-refractivity contribution in [1.29, 1.82) is 0 Å². The summed E-state index contributed by atoms with van der Waals surface area (Å²) in [5, 5.41) is 12.7. The van der Waals surface area contributed by atoms with E-state index in [0.717, 1.165) is 22.6 Å². The normalized spacial score (nSPS) is 10.5. The predicted octanol–water partition coefficient (Wildman–Crippen LogP) is 1.84. The molecule has 0 amide bonds. The third kappa shape index (κ3) is 3.00. The molecule has 0 bridgehead atoms. The number of phenolic OH excluding ortho intramolecular Hbond substituents is 1. The maximum atomic E-state index is 9.50. The molecule has 0 aliphatic carbocycles. The SMILES string of the molecule is Cc1nc(-c2cccc(O)c2)nc(C)c1NCCN. The lowest BCUT2D eigenvalue weighted by molar-refractivity contribution is 0.475. The van der Waals surface area contributed by atoms with Gasteiger partial charge in [0, 0.05) is 18.7 Å². The van der Waals surface area contributed by atoms with E-state index in [0.29, 0.717) is 18.9 Å². The number of aromatic nitrogens is 2. The molecule has 4 N–H and O–H groups in total. The highest BCUT2D eigenvalue weighted by Crippen LogP contribution is 2.24. The van der Waals surface area contributed by atoms with E-state index in [9.17, 15) is 5.11 Å². The van der Waals surface area contributed by atoms with Crippen LogP contribution in [0.2, 0.25) is 0 Å². The Kier molecular flexibility index (Phi) is 3.97. The van der Waals surface area contributed by atoms with Gasteiger partial charge in [-0.05, 0) is 26.0 Å². The Morgan fingerprint density at radius 2 is 1.89 bits per heavy atom. The molecule has 0 fully saturated rings. The molecule has 0 aliphatic rings. The summed E-state index contributed by atoms with van der Waals surface area (Å²) in [5.41, 5.74) is 8.96. The lowest BCUT2D eigenvalue weighted by Gasteiger charge is -2.12. The minimum atomic E-state index is 0.210. The fraction of sp³-hybridized carbons (Fsp3) is 0.286. The Labute approximate surface area is 112 Å². The van der Waals surface area contributed by atoms with Crippen LogP contribution in [0, 0.1) is 13.8 Å². The number of aryl methyl sites for hydroxylation is 2. The van der Waals surface area contributed by atoms with E-state index in [4.69, 9.17) is 5.73 Å². The largest absolute Gasteiger partial charge is 0.508 e. The second-order valence-electron chi connectivity index (χ2n) is 4.36. The van der Waals surface area contributed by atoms with Gasteiger partial charge in [0.25, 0.3) is 0 Å². The minimum absolute atomic E-state index is 0.210. The number of rotatable bonds is 4. The highest BCUT2D eigenvalue weighted by atomic mass is 16.3. The molecule has 5 nitrogen and oxygen atoms in total. The van der Waals surface area contributed by atoms with Crippen LogP contribution >= 0.6 is 0 Å². The van der Waals surface area contributed by atoms with E-state index < -0.39 is 0 Å². The minimum Gasteiger partial charge on any atom is -0.508 e. The van der Waals surface area contributed by atoms with Crippen LogP contribution in [0.5, 0.6) is 5.75 Å². The second kappa shape index (κ2) is 5.67. The number of anilines is 1. The summed E-state index contributed by atoms with van der Waals surface area (Å²) in [6.45, 7) is 5.11. The van der Waals surface area contributed by atoms with Crippen molar-refractivity contribution in [3.63, 3.8) is 0 Å². The molecule has 5 heteroatoms. The van der Waals surface area contributed by atoms with Crippen LogP contribution in [0.15, 0.2) is 24.3 Å². The van der Waals surface area contributed by atoms with Gasteiger partial charge in [-0.1, -0.05) is 12.1 Å². The van der Waals surface area contributed by atoms with Gasteiger partial charge in [-0.15, -0.1) is 0 Å². The van der Waals surface area contributed by atoms with Crippen molar-refractivity contribution in [2.24, 2.45) is 5.73 Å². The summed E-state index contributed by atoms with van der Waals surface area (Å²) in [4.78, 5) is 8.95. The van der Waals surface area contributed by atoms with Crippen molar-refractivity contribution in [2.45, 2.75) is 13.8 Å². The molecule has 0 saturated heterocycles. The summed E-state index contributed by atoms with van der Waals surface area (Å²) in [5.74, 6) is 0.825. The van der Waals surface area contributed by atoms with E-state index in [1.54, 1.807) is 18.2 Å². The summed E-state index contributed by atoms with van der Waals surface area (Å²) >= 11 is 0. The van der Waals surface area contributed by atoms with E-state index in [1.807, 2.05) is 19.9 Å². The number of phenols is 1. The molecule has 0 saturated carbocycles. The van der Waals surface area contributed by atoms with Gasteiger partial charge in [0.05, 0.1) is 17.1 Å². The molecule has 1 aromatic carbocycles. The Morgan fingerprint density at radius 1 is 1.21 bits per heavy atom. The molecule has 0 aliphatic heterocycles. The Balaban J connectivity index is 2.39. The van der Waals surface area contributed by atoms with Crippen LogP contribution in [0.1, 0.15) is 11.4 Å². The number of benzene rings is 1. The number of nitrogens with two attached hydrogens (primary N) is 1. The number of hydrogen-bond acceptors (Lipinski definition) is 5. The van der Waals surface area contributed by atoms with E-state index in [2.05, 4.69) is 15.3 Å². The first kappa shape index (κ1) is 13.3. The van der Waals surface area contributed by atoms with Gasteiger partial charge in [-0.3, -0.25) is 0 Å². The van der Waals surface area contributed by atoms with Crippen molar-refractivity contribution in [3.05, 3.63) is 35.7 Å². The van der Waals surface area contributed by atoms with Crippen LogP contribution in [-0.4, -0.2) is 28.2 Å². The molecule has 1 aromatic heterocycles. The first-order chi connectivity index (χ1) is 9.11. The molecule has 1 heterocycles.